The van der Waals surface area contributed by atoms with E-state index in [1.54, 1.807) is 0 Å². The molecule has 0 saturated carbocycles. The van der Waals surface area contributed by atoms with E-state index in [9.17, 15) is 8.78 Å². The van der Waals surface area contributed by atoms with Crippen LogP contribution in [-0.4, -0.2) is 0 Å². The second-order valence-electron chi connectivity index (χ2n) is 3.21. The van der Waals surface area contributed by atoms with Crippen molar-refractivity contribution in [2.24, 2.45) is 0 Å². The fraction of sp³-hybridized carbons (Fsp3) is 0.200. The zero-order valence-electron chi connectivity index (χ0n) is 7.11. The van der Waals surface area contributed by atoms with Crippen molar-refractivity contribution in [1.29, 1.82) is 0 Å². The first-order chi connectivity index (χ1) is 6.18. The van der Waals surface area contributed by atoms with Crippen molar-refractivity contribution in [3.63, 3.8) is 0 Å². The first-order valence-electron chi connectivity index (χ1n) is 4.18. The zero-order valence-corrected chi connectivity index (χ0v) is 7.11. The largest absolute Gasteiger partial charge is 0.329 e. The highest BCUT2D eigenvalue weighted by Crippen LogP contribution is 2.33. The van der Waals surface area contributed by atoms with Gasteiger partial charge in [0, 0.05) is 23.6 Å². The van der Waals surface area contributed by atoms with Gasteiger partial charge in [-0.25, -0.2) is 8.78 Å². The molecular weight excluding hydrogens is 172 g/mol. The van der Waals surface area contributed by atoms with E-state index in [0.717, 1.165) is 30.2 Å². The third kappa shape index (κ3) is 1.35. The molecule has 2 rings (SSSR count). The monoisotopic (exact) mass is 182 g/mol. The van der Waals surface area contributed by atoms with Crippen LogP contribution < -0.4 is 5.73 Å². The molecule has 0 saturated heterocycles. The van der Waals surface area contributed by atoms with Crippen molar-refractivity contribution in [2.45, 2.75) is 12.8 Å². The summed E-state index contributed by atoms with van der Waals surface area (Å²) in [5.41, 5.74) is 6.17. The molecule has 68 valence electrons. The van der Waals surface area contributed by atoms with E-state index in [1.165, 1.54) is 12.1 Å². The second-order valence-corrected chi connectivity index (χ2v) is 3.21. The van der Waals surface area contributed by atoms with Crippen LogP contribution in [-0.2, 0) is 0 Å². The normalized spacial score (nSPS) is 15.9. The summed E-state index contributed by atoms with van der Waals surface area (Å²) in [7, 11) is 0. The molecule has 1 nitrogen and oxygen atoms in total. The van der Waals surface area contributed by atoms with Crippen LogP contribution in [0.2, 0.25) is 0 Å². The van der Waals surface area contributed by atoms with Crippen LogP contribution in [0.4, 0.5) is 8.78 Å². The Kier molecular flexibility index (Phi) is 1.88. The number of halogens is 2. The Morgan fingerprint density at radius 1 is 1.15 bits per heavy atom. The van der Waals surface area contributed by atoms with Crippen LogP contribution in [0.25, 0.3) is 5.57 Å². The number of hydrogen-bond donors (Lipinski definition) is 1. The third-order valence-corrected chi connectivity index (χ3v) is 2.36. The predicted molar refractivity (Wildman–Crippen MR) is 45.4 cm³/mol. The van der Waals surface area contributed by atoms with Crippen LogP contribution in [0, 0.1) is 11.6 Å². The summed E-state index contributed by atoms with van der Waals surface area (Å²) in [5.74, 6) is -1.03. The van der Waals surface area contributed by atoms with Crippen molar-refractivity contribution in [2.75, 3.05) is 0 Å². The van der Waals surface area contributed by atoms with E-state index >= 15 is 0 Å². The fourth-order valence-electron chi connectivity index (χ4n) is 1.49. The van der Waals surface area contributed by atoms with E-state index in [2.05, 4.69) is 5.73 Å². The lowest BCUT2D eigenvalue weighted by Crippen LogP contribution is -2.50. The predicted octanol–water partition coefficient (Wildman–Crippen LogP) is 1.71. The maximum absolute atomic E-state index is 13.2. The van der Waals surface area contributed by atoms with E-state index in [4.69, 9.17) is 0 Å². The van der Waals surface area contributed by atoms with Gasteiger partial charge in [-0.2, -0.15) is 0 Å². The summed E-state index contributed by atoms with van der Waals surface area (Å²) < 4.78 is 25.8. The van der Waals surface area contributed by atoms with Crippen molar-refractivity contribution >= 4 is 5.57 Å². The first-order valence-corrected chi connectivity index (χ1v) is 4.18. The van der Waals surface area contributed by atoms with Crippen molar-refractivity contribution in [3.8, 4) is 0 Å². The Hall–Kier alpha value is -1.22. The van der Waals surface area contributed by atoms with E-state index in [-0.39, 0.29) is 0 Å². The molecule has 0 heterocycles. The summed E-state index contributed by atoms with van der Waals surface area (Å²) in [6, 6.07) is 3.66. The average Bonchev–Trinajstić information content (AvgIpc) is 2.07. The molecule has 1 aliphatic rings. The molecule has 1 aliphatic carbocycles. The lowest BCUT2D eigenvalue weighted by atomic mass is 9.88. The molecule has 0 radical (unpaired) electrons. The highest BCUT2D eigenvalue weighted by atomic mass is 19.1. The van der Waals surface area contributed by atoms with Crippen LogP contribution in [0.15, 0.2) is 23.9 Å². The van der Waals surface area contributed by atoms with Crippen molar-refractivity contribution in [3.05, 3.63) is 41.1 Å². The molecule has 0 aromatic heterocycles. The first kappa shape index (κ1) is 8.38. The lowest BCUT2D eigenvalue weighted by Gasteiger charge is -2.17. The Labute approximate surface area is 74.9 Å². The molecule has 13 heavy (non-hydrogen) atoms. The topological polar surface area (TPSA) is 27.6 Å². The molecule has 0 aliphatic heterocycles. The number of allylic oxidation sites excluding steroid dienone is 2. The molecule has 1 aromatic rings. The minimum absolute atomic E-state index is 0.490. The third-order valence-electron chi connectivity index (χ3n) is 2.36. The molecule has 0 bridgehead atoms. The minimum Gasteiger partial charge on any atom is -0.329 e. The van der Waals surface area contributed by atoms with Crippen molar-refractivity contribution < 1.29 is 14.5 Å². The summed E-state index contributed by atoms with van der Waals surface area (Å²) >= 11 is 0. The molecule has 3 heteroatoms. The molecule has 0 fully saturated rings. The van der Waals surface area contributed by atoms with Gasteiger partial charge in [0.15, 0.2) is 0 Å². The number of rotatable bonds is 1. The number of quaternary nitrogens is 1. The van der Waals surface area contributed by atoms with Gasteiger partial charge < -0.3 is 5.73 Å². The lowest BCUT2D eigenvalue weighted by molar-refractivity contribution is -0.309. The smallest absolute Gasteiger partial charge is 0.133 e. The molecule has 0 amide bonds. The summed E-state index contributed by atoms with van der Waals surface area (Å²) in [5, 5.41) is 0. The van der Waals surface area contributed by atoms with Crippen LogP contribution >= 0.6 is 0 Å². The fourth-order valence-corrected chi connectivity index (χ4v) is 1.49. The van der Waals surface area contributed by atoms with Crippen LogP contribution in [0.5, 0.6) is 0 Å². The van der Waals surface area contributed by atoms with Crippen LogP contribution in [0.1, 0.15) is 18.4 Å². The van der Waals surface area contributed by atoms with Gasteiger partial charge in [0.1, 0.15) is 17.3 Å². The molecule has 0 unspecified atom stereocenters. The van der Waals surface area contributed by atoms with Crippen molar-refractivity contribution in [1.82, 2.24) is 0 Å². The van der Waals surface area contributed by atoms with Gasteiger partial charge in [-0.1, -0.05) is 0 Å². The molecular formula is C10H10F2N+. The zero-order chi connectivity index (χ0) is 9.42. The number of benzene rings is 1. The minimum atomic E-state index is -0.535. The Bertz CT molecular complexity index is 383. The standard InChI is InChI=1S/C10H9F2N/c11-6-1-2-7(9(12)5-6)8-3-4-10(8)13/h1-2,5H,3-4,13H2/p+1. The maximum Gasteiger partial charge on any atom is 0.133 e. The van der Waals surface area contributed by atoms with E-state index in [1.807, 2.05) is 0 Å². The van der Waals surface area contributed by atoms with Gasteiger partial charge in [0.05, 0.1) is 0 Å². The van der Waals surface area contributed by atoms with E-state index in [0.29, 0.717) is 5.56 Å². The average molecular weight is 182 g/mol. The molecule has 0 spiro atoms. The van der Waals surface area contributed by atoms with Gasteiger partial charge in [-0.15, -0.1) is 0 Å². The summed E-state index contributed by atoms with van der Waals surface area (Å²) in [6.07, 6.45) is 1.77. The van der Waals surface area contributed by atoms with Crippen LogP contribution in [0.3, 0.4) is 0 Å². The Balaban J connectivity index is 2.47. The Morgan fingerprint density at radius 3 is 2.38 bits per heavy atom. The van der Waals surface area contributed by atoms with Gasteiger partial charge in [-0.3, -0.25) is 0 Å². The van der Waals surface area contributed by atoms with Gasteiger partial charge >= 0.3 is 0 Å². The number of hydrogen-bond acceptors (Lipinski definition) is 0. The highest BCUT2D eigenvalue weighted by Gasteiger charge is 2.22. The Morgan fingerprint density at radius 2 is 1.92 bits per heavy atom. The summed E-state index contributed by atoms with van der Waals surface area (Å²) in [4.78, 5) is 0. The van der Waals surface area contributed by atoms with E-state index < -0.39 is 11.6 Å². The van der Waals surface area contributed by atoms with Gasteiger partial charge in [-0.05, 0) is 18.6 Å². The highest BCUT2D eigenvalue weighted by molar-refractivity contribution is 5.71. The quantitative estimate of drug-likeness (QED) is 0.684. The second kappa shape index (κ2) is 2.92. The maximum atomic E-state index is 13.2. The van der Waals surface area contributed by atoms with Gasteiger partial charge in [0.2, 0.25) is 0 Å². The molecule has 0 atom stereocenters. The molecule has 1 aromatic carbocycles. The summed E-state index contributed by atoms with van der Waals surface area (Å²) in [6.45, 7) is 0. The molecule has 3 N–H and O–H groups in total. The SMILES string of the molecule is [NH3+]C1=C(c2ccc(F)cc2F)CC1. The van der Waals surface area contributed by atoms with Gasteiger partial charge in [0.25, 0.3) is 0 Å².